The molecule has 2 fully saturated rings. The number of nitrogens with one attached hydrogen (secondary N) is 1. The first-order valence-electron chi connectivity index (χ1n) is 13.7. The van der Waals surface area contributed by atoms with Gasteiger partial charge in [-0.3, -0.25) is 24.1 Å². The number of rotatable bonds is 6. The van der Waals surface area contributed by atoms with Gasteiger partial charge in [0.25, 0.3) is 5.91 Å². The molecule has 2 aromatic carbocycles. The first kappa shape index (κ1) is 28.5. The summed E-state index contributed by atoms with van der Waals surface area (Å²) in [5.41, 5.74) is -1.26. The summed E-state index contributed by atoms with van der Waals surface area (Å²) in [5.74, 6) is -3.03. The zero-order valence-corrected chi connectivity index (χ0v) is 23.9. The number of fused-ring (bicyclic) bond motifs is 1. The SMILES string of the molecule is Cn1cc(F)c(N2C[C@](C)(c3cccc(Cl)c3F)c3c(ccc(NC4CN(CC(=O)N5CCOCC5)C4)c3F)C2=O)n1. The van der Waals surface area contributed by atoms with Crippen molar-refractivity contribution in [1.82, 2.24) is 19.6 Å². The van der Waals surface area contributed by atoms with Crippen molar-refractivity contribution >= 4 is 34.9 Å². The molecule has 0 aliphatic carbocycles. The number of likely N-dealkylation sites (tertiary alicyclic amines) is 1. The fourth-order valence-electron chi connectivity index (χ4n) is 6.08. The zero-order chi connectivity index (χ0) is 29.8. The highest BCUT2D eigenvalue weighted by Gasteiger charge is 2.47. The summed E-state index contributed by atoms with van der Waals surface area (Å²) in [7, 11) is 1.52. The number of hydrogen-bond donors (Lipinski definition) is 1. The number of morpholine rings is 1. The normalized spacial score (nSPS) is 21.3. The van der Waals surface area contributed by atoms with Crippen LogP contribution in [0.5, 0.6) is 0 Å². The van der Waals surface area contributed by atoms with Crippen LogP contribution in [0.25, 0.3) is 0 Å². The molecule has 2 saturated heterocycles. The Morgan fingerprint density at radius 2 is 1.88 bits per heavy atom. The van der Waals surface area contributed by atoms with E-state index in [-0.39, 0.29) is 58.3 Å². The Morgan fingerprint density at radius 1 is 1.14 bits per heavy atom. The summed E-state index contributed by atoms with van der Waals surface area (Å²) in [4.78, 5) is 31.1. The lowest BCUT2D eigenvalue weighted by atomic mass is 9.70. The van der Waals surface area contributed by atoms with Gasteiger partial charge in [0, 0.05) is 61.9 Å². The number of halogens is 4. The van der Waals surface area contributed by atoms with E-state index >= 15 is 8.78 Å². The third kappa shape index (κ3) is 4.91. The molecule has 0 spiro atoms. The van der Waals surface area contributed by atoms with Crippen LogP contribution in [0.4, 0.5) is 24.7 Å². The van der Waals surface area contributed by atoms with Crippen LogP contribution in [0.2, 0.25) is 5.02 Å². The fourth-order valence-corrected chi connectivity index (χ4v) is 6.26. The van der Waals surface area contributed by atoms with Crippen molar-refractivity contribution in [2.24, 2.45) is 7.05 Å². The molecule has 0 radical (unpaired) electrons. The first-order valence-corrected chi connectivity index (χ1v) is 14.1. The number of benzene rings is 2. The van der Waals surface area contributed by atoms with Gasteiger partial charge in [0.05, 0.1) is 42.7 Å². The van der Waals surface area contributed by atoms with Crippen LogP contribution in [0, 0.1) is 17.5 Å². The number of carbonyl (C=O) groups is 2. The van der Waals surface area contributed by atoms with Crippen molar-refractivity contribution in [2.75, 3.05) is 62.7 Å². The summed E-state index contributed by atoms with van der Waals surface area (Å²) in [6.45, 7) is 4.86. The van der Waals surface area contributed by atoms with Crippen LogP contribution in [0.15, 0.2) is 36.5 Å². The lowest BCUT2D eigenvalue weighted by Gasteiger charge is -2.43. The molecule has 13 heteroatoms. The van der Waals surface area contributed by atoms with Crippen LogP contribution >= 0.6 is 11.6 Å². The molecule has 222 valence electrons. The van der Waals surface area contributed by atoms with Gasteiger partial charge in [0.2, 0.25) is 5.91 Å². The number of ether oxygens (including phenoxy) is 1. The van der Waals surface area contributed by atoms with Crippen molar-refractivity contribution in [3.63, 3.8) is 0 Å². The molecule has 42 heavy (non-hydrogen) atoms. The average molecular weight is 603 g/mol. The third-order valence-electron chi connectivity index (χ3n) is 8.25. The van der Waals surface area contributed by atoms with E-state index in [2.05, 4.69) is 10.4 Å². The molecule has 2 amide bonds. The molecule has 1 atom stereocenters. The van der Waals surface area contributed by atoms with Gasteiger partial charge in [-0.2, -0.15) is 5.10 Å². The first-order chi connectivity index (χ1) is 20.1. The minimum absolute atomic E-state index is 0.00932. The molecule has 1 aromatic heterocycles. The number of nitrogens with zero attached hydrogens (tertiary/aromatic N) is 5. The molecular weight excluding hydrogens is 573 g/mol. The molecule has 4 heterocycles. The fraction of sp³-hybridized carbons (Fsp3) is 0.414. The number of aromatic nitrogens is 2. The quantitative estimate of drug-likeness (QED) is 0.466. The van der Waals surface area contributed by atoms with Crippen molar-refractivity contribution in [2.45, 2.75) is 18.4 Å². The van der Waals surface area contributed by atoms with Crippen molar-refractivity contribution in [1.29, 1.82) is 0 Å². The Labute approximate surface area is 245 Å². The van der Waals surface area contributed by atoms with E-state index in [0.717, 1.165) is 11.1 Å². The predicted octanol–water partition coefficient (Wildman–Crippen LogP) is 3.41. The standard InChI is InChI=1S/C29H30ClF3N6O3/c1-29(19-4-3-5-20(30)25(19)32)16-39(27-21(31)14-36(2)35-27)28(41)18-6-7-22(26(33)24(18)29)34-17-12-37(13-17)15-23(40)38-8-10-42-11-9-38/h3-7,14,17,34H,8-13,15-16H2,1-2H3/t29-/m1/s1. The maximum Gasteiger partial charge on any atom is 0.260 e. The number of amides is 2. The summed E-state index contributed by atoms with van der Waals surface area (Å²) in [6.07, 6.45) is 1.12. The van der Waals surface area contributed by atoms with Crippen molar-refractivity contribution < 1.29 is 27.5 Å². The Kier molecular flexibility index (Phi) is 7.40. The summed E-state index contributed by atoms with van der Waals surface area (Å²) in [6, 6.07) is 7.21. The summed E-state index contributed by atoms with van der Waals surface area (Å²) < 4.78 is 53.3. The van der Waals surface area contributed by atoms with Gasteiger partial charge in [0.1, 0.15) is 5.82 Å². The molecule has 3 aliphatic heterocycles. The Bertz CT molecular complexity index is 1560. The number of carbonyl (C=O) groups excluding carboxylic acids is 2. The maximum absolute atomic E-state index is 16.5. The number of hydrogen-bond acceptors (Lipinski definition) is 6. The Balaban J connectivity index is 1.30. The van der Waals surface area contributed by atoms with E-state index in [1.807, 2.05) is 4.90 Å². The minimum Gasteiger partial charge on any atom is -0.378 e. The summed E-state index contributed by atoms with van der Waals surface area (Å²) in [5, 5.41) is 7.12. The molecule has 1 N–H and O–H groups in total. The maximum atomic E-state index is 16.5. The van der Waals surface area contributed by atoms with Crippen molar-refractivity contribution in [3.8, 4) is 0 Å². The van der Waals surface area contributed by atoms with E-state index < -0.39 is 28.8 Å². The lowest BCUT2D eigenvalue weighted by Crippen LogP contribution is -2.58. The second kappa shape index (κ2) is 10.9. The molecule has 9 nitrogen and oxygen atoms in total. The predicted molar refractivity (Wildman–Crippen MR) is 150 cm³/mol. The average Bonchev–Trinajstić information content (AvgIpc) is 3.29. The Morgan fingerprint density at radius 3 is 2.57 bits per heavy atom. The van der Waals surface area contributed by atoms with Gasteiger partial charge < -0.3 is 15.0 Å². The molecular formula is C29H30ClF3N6O3. The van der Waals surface area contributed by atoms with Gasteiger partial charge in [-0.05, 0) is 25.1 Å². The highest BCUT2D eigenvalue weighted by atomic mass is 35.5. The van der Waals surface area contributed by atoms with E-state index in [0.29, 0.717) is 39.4 Å². The topological polar surface area (TPSA) is 82.9 Å². The lowest BCUT2D eigenvalue weighted by molar-refractivity contribution is -0.137. The van der Waals surface area contributed by atoms with Gasteiger partial charge >= 0.3 is 0 Å². The molecule has 3 aliphatic rings. The smallest absolute Gasteiger partial charge is 0.260 e. The van der Waals surface area contributed by atoms with Gasteiger partial charge in [-0.1, -0.05) is 23.7 Å². The van der Waals surface area contributed by atoms with Crippen LogP contribution in [0.1, 0.15) is 28.4 Å². The van der Waals surface area contributed by atoms with E-state index in [1.165, 1.54) is 36.0 Å². The van der Waals surface area contributed by atoms with Crippen LogP contribution in [0.3, 0.4) is 0 Å². The molecule has 0 saturated carbocycles. The highest BCUT2D eigenvalue weighted by molar-refractivity contribution is 6.30. The van der Waals surface area contributed by atoms with Crippen LogP contribution in [-0.2, 0) is 22.0 Å². The molecule has 6 rings (SSSR count). The second-order valence-electron chi connectivity index (χ2n) is 11.2. The summed E-state index contributed by atoms with van der Waals surface area (Å²) >= 11 is 6.12. The van der Waals surface area contributed by atoms with Crippen molar-refractivity contribution in [3.05, 3.63) is 75.7 Å². The van der Waals surface area contributed by atoms with Gasteiger partial charge in [0.15, 0.2) is 17.5 Å². The highest BCUT2D eigenvalue weighted by Crippen LogP contribution is 2.45. The molecule has 3 aromatic rings. The molecule has 0 unspecified atom stereocenters. The second-order valence-corrected chi connectivity index (χ2v) is 11.6. The number of anilines is 2. The van der Waals surface area contributed by atoms with E-state index in [1.54, 1.807) is 17.9 Å². The minimum atomic E-state index is -1.44. The molecule has 0 bridgehead atoms. The third-order valence-corrected chi connectivity index (χ3v) is 8.54. The van der Waals surface area contributed by atoms with Gasteiger partial charge in [-0.15, -0.1) is 0 Å². The van der Waals surface area contributed by atoms with Crippen LogP contribution < -0.4 is 10.2 Å². The van der Waals surface area contributed by atoms with E-state index in [4.69, 9.17) is 16.3 Å². The monoisotopic (exact) mass is 602 g/mol. The van der Waals surface area contributed by atoms with E-state index in [9.17, 15) is 14.0 Å². The van der Waals surface area contributed by atoms with Crippen LogP contribution in [-0.4, -0.2) is 89.9 Å². The number of aryl methyl sites for hydroxylation is 1. The Hall–Kier alpha value is -3.61. The zero-order valence-electron chi connectivity index (χ0n) is 23.2. The van der Waals surface area contributed by atoms with Gasteiger partial charge in [-0.25, -0.2) is 13.2 Å². The largest absolute Gasteiger partial charge is 0.378 e.